The van der Waals surface area contributed by atoms with Gasteiger partial charge in [-0.3, -0.25) is 9.59 Å². The van der Waals surface area contributed by atoms with Gasteiger partial charge in [-0.05, 0) is 42.7 Å². The van der Waals surface area contributed by atoms with Crippen molar-refractivity contribution < 1.29 is 9.59 Å². The molecule has 1 fully saturated rings. The van der Waals surface area contributed by atoms with E-state index in [1.165, 1.54) is 11.8 Å². The summed E-state index contributed by atoms with van der Waals surface area (Å²) in [7, 11) is 0. The minimum atomic E-state index is -0.112. The molecule has 0 aliphatic carbocycles. The van der Waals surface area contributed by atoms with E-state index in [2.05, 4.69) is 5.32 Å². The molecule has 2 amide bonds. The number of hydrogen-bond donors (Lipinski definition) is 1. The molecule has 4 nitrogen and oxygen atoms in total. The Labute approximate surface area is 162 Å². The molecule has 1 heterocycles. The zero-order chi connectivity index (χ0) is 18.4. The summed E-state index contributed by atoms with van der Waals surface area (Å²) in [5.74, 6) is 0.907. The summed E-state index contributed by atoms with van der Waals surface area (Å²) in [5, 5.41) is 3.58. The normalized spacial score (nSPS) is 13.7. The van der Waals surface area contributed by atoms with Gasteiger partial charge in [-0.25, -0.2) is 0 Å². The lowest BCUT2D eigenvalue weighted by atomic mass is 10.1. The number of halogens is 1. The highest BCUT2D eigenvalue weighted by molar-refractivity contribution is 7.99. The Hall–Kier alpha value is -1.98. The molecule has 0 atom stereocenters. The van der Waals surface area contributed by atoms with Crippen molar-refractivity contribution in [3.05, 3.63) is 64.7 Å². The van der Waals surface area contributed by atoms with E-state index >= 15 is 0 Å². The Morgan fingerprint density at radius 2 is 1.85 bits per heavy atom. The molecule has 1 saturated heterocycles. The number of nitrogens with one attached hydrogen (secondary N) is 1. The second-order valence-electron chi connectivity index (χ2n) is 6.22. The largest absolute Gasteiger partial charge is 0.339 e. The maximum absolute atomic E-state index is 12.6. The quantitative estimate of drug-likeness (QED) is 0.795. The van der Waals surface area contributed by atoms with Crippen LogP contribution < -0.4 is 5.32 Å². The van der Waals surface area contributed by atoms with Crippen LogP contribution >= 0.6 is 23.4 Å². The number of carbonyl (C=O) groups excluding carboxylic acids is 2. The van der Waals surface area contributed by atoms with Crippen LogP contribution in [0.25, 0.3) is 0 Å². The summed E-state index contributed by atoms with van der Waals surface area (Å²) < 4.78 is 0. The third kappa shape index (κ3) is 5.02. The van der Waals surface area contributed by atoms with Gasteiger partial charge in [-0.15, -0.1) is 11.8 Å². The van der Waals surface area contributed by atoms with Crippen molar-refractivity contribution in [2.45, 2.75) is 18.6 Å². The SMILES string of the molecule is O=C(CSCc1cccc(Cl)c1)Nc1ccccc1C(=O)N1CCCC1. The van der Waals surface area contributed by atoms with E-state index < -0.39 is 0 Å². The van der Waals surface area contributed by atoms with Crippen molar-refractivity contribution in [3.63, 3.8) is 0 Å². The Bertz CT molecular complexity index is 791. The summed E-state index contributed by atoms with van der Waals surface area (Å²) >= 11 is 7.49. The molecule has 26 heavy (non-hydrogen) atoms. The molecule has 2 aromatic carbocycles. The molecule has 0 unspecified atom stereocenters. The Morgan fingerprint density at radius 1 is 1.08 bits per heavy atom. The lowest BCUT2D eigenvalue weighted by Gasteiger charge is -2.18. The number of rotatable bonds is 6. The summed E-state index contributed by atoms with van der Waals surface area (Å²) in [4.78, 5) is 26.8. The molecule has 1 aliphatic heterocycles. The maximum atomic E-state index is 12.6. The standard InChI is InChI=1S/C20H21ClN2O2S/c21-16-7-5-6-15(12-16)13-26-14-19(24)22-18-9-2-1-8-17(18)20(25)23-10-3-4-11-23/h1-2,5-9,12H,3-4,10-11,13-14H2,(H,22,24). The molecule has 6 heteroatoms. The predicted octanol–water partition coefficient (Wildman–Crippen LogP) is 4.45. The van der Waals surface area contributed by atoms with E-state index in [9.17, 15) is 9.59 Å². The minimum absolute atomic E-state index is 0.00928. The predicted molar refractivity (Wildman–Crippen MR) is 108 cm³/mol. The molecule has 2 aromatic rings. The first kappa shape index (κ1) is 18.8. The van der Waals surface area contributed by atoms with Crippen molar-refractivity contribution in [2.24, 2.45) is 0 Å². The molecule has 0 bridgehead atoms. The molecule has 136 valence electrons. The number of para-hydroxylation sites is 1. The van der Waals surface area contributed by atoms with Crippen LogP contribution in [0.4, 0.5) is 5.69 Å². The van der Waals surface area contributed by atoms with Gasteiger partial charge in [0.1, 0.15) is 0 Å². The van der Waals surface area contributed by atoms with Gasteiger partial charge in [-0.2, -0.15) is 0 Å². The lowest BCUT2D eigenvalue weighted by Crippen LogP contribution is -2.29. The van der Waals surface area contributed by atoms with Crippen LogP contribution in [0.1, 0.15) is 28.8 Å². The summed E-state index contributed by atoms with van der Waals surface area (Å²) in [6, 6.07) is 14.8. The van der Waals surface area contributed by atoms with Crippen LogP contribution in [0.15, 0.2) is 48.5 Å². The van der Waals surface area contributed by atoms with Gasteiger partial charge in [0, 0.05) is 23.9 Å². The van der Waals surface area contributed by atoms with Gasteiger partial charge in [-0.1, -0.05) is 35.9 Å². The number of amides is 2. The van der Waals surface area contributed by atoms with Crippen LogP contribution in [-0.4, -0.2) is 35.6 Å². The topological polar surface area (TPSA) is 49.4 Å². The number of benzene rings is 2. The van der Waals surface area contributed by atoms with Crippen LogP contribution in [-0.2, 0) is 10.5 Å². The maximum Gasteiger partial charge on any atom is 0.255 e. The monoisotopic (exact) mass is 388 g/mol. The number of nitrogens with zero attached hydrogens (tertiary/aromatic N) is 1. The van der Waals surface area contributed by atoms with Crippen molar-refractivity contribution in [1.29, 1.82) is 0 Å². The zero-order valence-electron chi connectivity index (χ0n) is 14.4. The fourth-order valence-corrected chi connectivity index (χ4v) is 3.93. The first-order valence-electron chi connectivity index (χ1n) is 8.64. The number of anilines is 1. The fourth-order valence-electron chi connectivity index (χ4n) is 2.94. The van der Waals surface area contributed by atoms with Crippen molar-refractivity contribution >= 4 is 40.9 Å². The van der Waals surface area contributed by atoms with Crippen molar-refractivity contribution in [3.8, 4) is 0 Å². The highest BCUT2D eigenvalue weighted by atomic mass is 35.5. The van der Waals surface area contributed by atoms with Gasteiger partial charge < -0.3 is 10.2 Å². The van der Waals surface area contributed by atoms with Gasteiger partial charge >= 0.3 is 0 Å². The average Bonchev–Trinajstić information content (AvgIpc) is 3.16. The van der Waals surface area contributed by atoms with Gasteiger partial charge in [0.2, 0.25) is 5.91 Å². The smallest absolute Gasteiger partial charge is 0.255 e. The zero-order valence-corrected chi connectivity index (χ0v) is 16.0. The van der Waals surface area contributed by atoms with Crippen LogP contribution in [0.3, 0.4) is 0 Å². The van der Waals surface area contributed by atoms with E-state index in [1.54, 1.807) is 12.1 Å². The molecule has 0 saturated carbocycles. The minimum Gasteiger partial charge on any atom is -0.339 e. The number of likely N-dealkylation sites (tertiary alicyclic amines) is 1. The number of thioether (sulfide) groups is 1. The van der Waals surface area contributed by atoms with E-state index in [1.807, 2.05) is 41.3 Å². The first-order valence-corrected chi connectivity index (χ1v) is 10.2. The molecule has 0 aromatic heterocycles. The molecule has 1 aliphatic rings. The van der Waals surface area contributed by atoms with Crippen molar-refractivity contribution in [1.82, 2.24) is 4.90 Å². The van der Waals surface area contributed by atoms with Gasteiger partial charge in [0.15, 0.2) is 0 Å². The van der Waals surface area contributed by atoms with Crippen LogP contribution in [0, 0.1) is 0 Å². The van der Waals surface area contributed by atoms with Crippen LogP contribution in [0.2, 0.25) is 5.02 Å². The van der Waals surface area contributed by atoms with E-state index in [4.69, 9.17) is 11.6 Å². The molecular weight excluding hydrogens is 368 g/mol. The lowest BCUT2D eigenvalue weighted by molar-refractivity contribution is -0.113. The Balaban J connectivity index is 1.56. The molecule has 1 N–H and O–H groups in total. The Kier molecular flexibility index (Phi) is 6.58. The second-order valence-corrected chi connectivity index (χ2v) is 7.64. The highest BCUT2D eigenvalue weighted by Crippen LogP contribution is 2.21. The first-order chi connectivity index (χ1) is 12.6. The number of carbonyl (C=O) groups is 2. The summed E-state index contributed by atoms with van der Waals surface area (Å²) in [6.07, 6.45) is 2.08. The number of hydrogen-bond acceptors (Lipinski definition) is 3. The van der Waals surface area contributed by atoms with Gasteiger partial charge in [0.05, 0.1) is 17.0 Å². The summed E-state index contributed by atoms with van der Waals surface area (Å²) in [5.41, 5.74) is 2.22. The average molecular weight is 389 g/mol. The van der Waals surface area contributed by atoms with Crippen LogP contribution in [0.5, 0.6) is 0 Å². The third-order valence-electron chi connectivity index (χ3n) is 4.22. The molecule has 0 radical (unpaired) electrons. The van der Waals surface area contributed by atoms with E-state index in [0.717, 1.165) is 31.5 Å². The highest BCUT2D eigenvalue weighted by Gasteiger charge is 2.22. The molecular formula is C20H21ClN2O2S. The second kappa shape index (κ2) is 9.10. The Morgan fingerprint density at radius 3 is 2.62 bits per heavy atom. The van der Waals surface area contributed by atoms with E-state index in [0.29, 0.717) is 27.8 Å². The van der Waals surface area contributed by atoms with E-state index in [-0.39, 0.29) is 11.8 Å². The molecule has 3 rings (SSSR count). The van der Waals surface area contributed by atoms with Crippen molar-refractivity contribution in [2.75, 3.05) is 24.2 Å². The fraction of sp³-hybridized carbons (Fsp3) is 0.300. The molecule has 0 spiro atoms. The third-order valence-corrected chi connectivity index (χ3v) is 5.45. The summed E-state index contributed by atoms with van der Waals surface area (Å²) in [6.45, 7) is 1.58. The van der Waals surface area contributed by atoms with Gasteiger partial charge in [0.25, 0.3) is 5.91 Å².